The molecular weight excluding hydrogens is 182 g/mol. The van der Waals surface area contributed by atoms with E-state index in [1.54, 1.807) is 17.8 Å². The largest absolute Gasteiger partial charge is 0.507 e. The minimum absolute atomic E-state index is 0.138. The summed E-state index contributed by atoms with van der Waals surface area (Å²) in [5.41, 5.74) is 6.75. The molecule has 0 aliphatic carbocycles. The molecule has 2 nitrogen and oxygen atoms in total. The summed E-state index contributed by atoms with van der Waals surface area (Å²) in [5.74, 6) is 0.352. The second kappa shape index (κ2) is 4.53. The molecule has 3 N–H and O–H groups in total. The second-order valence-electron chi connectivity index (χ2n) is 3.19. The molecule has 72 valence electrons. The van der Waals surface area contributed by atoms with Crippen LogP contribution in [0.4, 0.5) is 0 Å². The summed E-state index contributed by atoms with van der Waals surface area (Å²) in [6, 6.07) is 5.86. The van der Waals surface area contributed by atoms with Crippen molar-refractivity contribution >= 4 is 11.8 Å². The van der Waals surface area contributed by atoms with Crippen molar-refractivity contribution in [3.05, 3.63) is 23.8 Å². The maximum atomic E-state index is 9.54. The summed E-state index contributed by atoms with van der Waals surface area (Å²) >= 11 is 1.54. The Labute approximate surface area is 83.1 Å². The lowest BCUT2D eigenvalue weighted by Crippen LogP contribution is -2.17. The zero-order valence-electron chi connectivity index (χ0n) is 7.95. The predicted molar refractivity (Wildman–Crippen MR) is 57.2 cm³/mol. The van der Waals surface area contributed by atoms with E-state index < -0.39 is 0 Å². The smallest absolute Gasteiger partial charge is 0.129 e. The fourth-order valence-corrected chi connectivity index (χ4v) is 1.71. The Bertz CT molecular complexity index is 286. The van der Waals surface area contributed by atoms with Crippen LogP contribution in [0.1, 0.15) is 12.5 Å². The highest BCUT2D eigenvalue weighted by molar-refractivity contribution is 7.98. The molecule has 0 spiro atoms. The molecule has 13 heavy (non-hydrogen) atoms. The van der Waals surface area contributed by atoms with Gasteiger partial charge in [-0.25, -0.2) is 0 Å². The highest BCUT2D eigenvalue weighted by Gasteiger charge is 2.02. The summed E-state index contributed by atoms with van der Waals surface area (Å²) in [6.45, 7) is 1.96. The van der Waals surface area contributed by atoms with Gasteiger partial charge >= 0.3 is 0 Å². The molecule has 0 amide bonds. The topological polar surface area (TPSA) is 46.2 Å². The van der Waals surface area contributed by atoms with E-state index in [1.807, 2.05) is 25.3 Å². The van der Waals surface area contributed by atoms with Crippen LogP contribution in [0.5, 0.6) is 5.75 Å². The van der Waals surface area contributed by atoms with Crippen molar-refractivity contribution in [2.45, 2.75) is 24.3 Å². The standard InChI is InChI=1S/C10H15NOS/c1-7(11)5-8-3-4-10(13-2)9(12)6-8/h3-4,6-7,12H,5,11H2,1-2H3. The van der Waals surface area contributed by atoms with Crippen LogP contribution in [0.25, 0.3) is 0 Å². The predicted octanol–water partition coefficient (Wildman–Crippen LogP) is 2.00. The maximum Gasteiger partial charge on any atom is 0.129 e. The molecular formula is C10H15NOS. The lowest BCUT2D eigenvalue weighted by Gasteiger charge is -2.07. The average Bonchev–Trinajstić information content (AvgIpc) is 2.03. The van der Waals surface area contributed by atoms with Crippen LogP contribution in [0.15, 0.2) is 23.1 Å². The molecule has 1 aromatic rings. The molecule has 0 aliphatic rings. The van der Waals surface area contributed by atoms with Gasteiger partial charge in [-0.3, -0.25) is 0 Å². The first-order valence-corrected chi connectivity index (χ1v) is 5.47. The summed E-state index contributed by atoms with van der Waals surface area (Å²) < 4.78 is 0. The van der Waals surface area contributed by atoms with Crippen molar-refractivity contribution in [1.29, 1.82) is 0 Å². The molecule has 0 saturated carbocycles. The molecule has 0 bridgehead atoms. The van der Waals surface area contributed by atoms with Crippen molar-refractivity contribution < 1.29 is 5.11 Å². The van der Waals surface area contributed by atoms with Crippen molar-refractivity contribution in [2.75, 3.05) is 6.26 Å². The van der Waals surface area contributed by atoms with E-state index in [0.29, 0.717) is 5.75 Å². The number of phenolic OH excluding ortho intramolecular Hbond substituents is 1. The zero-order chi connectivity index (χ0) is 9.84. The lowest BCUT2D eigenvalue weighted by atomic mass is 10.1. The Balaban J connectivity index is 2.83. The van der Waals surface area contributed by atoms with Gasteiger partial charge < -0.3 is 10.8 Å². The fourth-order valence-electron chi connectivity index (χ4n) is 1.23. The van der Waals surface area contributed by atoms with E-state index in [9.17, 15) is 5.11 Å². The Morgan fingerprint density at radius 3 is 2.69 bits per heavy atom. The van der Waals surface area contributed by atoms with Crippen molar-refractivity contribution in [3.8, 4) is 5.75 Å². The third kappa shape index (κ3) is 2.94. The van der Waals surface area contributed by atoms with E-state index in [0.717, 1.165) is 16.9 Å². The van der Waals surface area contributed by atoms with Gasteiger partial charge in [-0.15, -0.1) is 11.8 Å². The molecule has 0 saturated heterocycles. The van der Waals surface area contributed by atoms with Crippen LogP contribution in [0.2, 0.25) is 0 Å². The van der Waals surface area contributed by atoms with Gasteiger partial charge in [0.2, 0.25) is 0 Å². The van der Waals surface area contributed by atoms with Crippen molar-refractivity contribution in [3.63, 3.8) is 0 Å². The normalized spacial score (nSPS) is 12.8. The number of phenols is 1. The summed E-state index contributed by atoms with van der Waals surface area (Å²) in [6.07, 6.45) is 2.75. The number of thioether (sulfide) groups is 1. The number of rotatable bonds is 3. The molecule has 1 aromatic carbocycles. The van der Waals surface area contributed by atoms with Gasteiger partial charge in [-0.1, -0.05) is 6.07 Å². The lowest BCUT2D eigenvalue weighted by molar-refractivity contribution is 0.461. The van der Waals surface area contributed by atoms with Crippen LogP contribution in [-0.2, 0) is 6.42 Å². The van der Waals surface area contributed by atoms with Crippen molar-refractivity contribution in [2.24, 2.45) is 5.73 Å². The first-order valence-electron chi connectivity index (χ1n) is 4.25. The third-order valence-corrected chi connectivity index (χ3v) is 2.59. The van der Waals surface area contributed by atoms with Gasteiger partial charge in [0.1, 0.15) is 5.75 Å². The highest BCUT2D eigenvalue weighted by atomic mass is 32.2. The molecule has 0 heterocycles. The van der Waals surface area contributed by atoms with E-state index >= 15 is 0 Å². The Hall–Kier alpha value is -0.670. The van der Waals surface area contributed by atoms with Gasteiger partial charge in [0, 0.05) is 10.9 Å². The first kappa shape index (κ1) is 10.4. The molecule has 0 radical (unpaired) electrons. The van der Waals surface area contributed by atoms with Gasteiger partial charge in [0.25, 0.3) is 0 Å². The van der Waals surface area contributed by atoms with Crippen molar-refractivity contribution in [1.82, 2.24) is 0 Å². The first-order chi connectivity index (χ1) is 6.13. The number of benzene rings is 1. The number of hydrogen-bond donors (Lipinski definition) is 2. The number of aromatic hydroxyl groups is 1. The van der Waals surface area contributed by atoms with Crippen LogP contribution in [0.3, 0.4) is 0 Å². The van der Waals surface area contributed by atoms with Gasteiger partial charge in [-0.05, 0) is 37.3 Å². The second-order valence-corrected chi connectivity index (χ2v) is 4.04. The minimum atomic E-state index is 0.138. The summed E-state index contributed by atoms with van der Waals surface area (Å²) in [7, 11) is 0. The van der Waals surface area contributed by atoms with Crippen LogP contribution < -0.4 is 5.73 Å². The van der Waals surface area contributed by atoms with E-state index in [-0.39, 0.29) is 6.04 Å². The fraction of sp³-hybridized carbons (Fsp3) is 0.400. The van der Waals surface area contributed by atoms with E-state index in [2.05, 4.69) is 0 Å². The number of nitrogens with two attached hydrogens (primary N) is 1. The van der Waals surface area contributed by atoms with Crippen LogP contribution in [0, 0.1) is 0 Å². The minimum Gasteiger partial charge on any atom is -0.507 e. The van der Waals surface area contributed by atoms with E-state index in [1.165, 1.54) is 0 Å². The van der Waals surface area contributed by atoms with E-state index in [4.69, 9.17) is 5.73 Å². The average molecular weight is 197 g/mol. The molecule has 0 aliphatic heterocycles. The Morgan fingerprint density at radius 1 is 1.54 bits per heavy atom. The molecule has 0 aromatic heterocycles. The van der Waals surface area contributed by atoms with Crippen LogP contribution >= 0.6 is 11.8 Å². The molecule has 1 unspecified atom stereocenters. The maximum absolute atomic E-state index is 9.54. The molecule has 0 fully saturated rings. The SMILES string of the molecule is CSc1ccc(CC(C)N)cc1O. The monoisotopic (exact) mass is 197 g/mol. The molecule has 3 heteroatoms. The Kier molecular flexibility index (Phi) is 3.63. The number of hydrogen-bond acceptors (Lipinski definition) is 3. The van der Waals surface area contributed by atoms with Gasteiger partial charge in [0.05, 0.1) is 0 Å². The summed E-state index contributed by atoms with van der Waals surface area (Å²) in [4.78, 5) is 0.911. The molecule has 1 atom stereocenters. The van der Waals surface area contributed by atoms with Gasteiger partial charge in [-0.2, -0.15) is 0 Å². The van der Waals surface area contributed by atoms with Gasteiger partial charge in [0.15, 0.2) is 0 Å². The molecule has 1 rings (SSSR count). The zero-order valence-corrected chi connectivity index (χ0v) is 8.77. The third-order valence-electron chi connectivity index (χ3n) is 1.80. The quantitative estimate of drug-likeness (QED) is 0.729. The highest BCUT2D eigenvalue weighted by Crippen LogP contribution is 2.27. The van der Waals surface area contributed by atoms with Crippen LogP contribution in [-0.4, -0.2) is 17.4 Å². The summed E-state index contributed by atoms with van der Waals surface area (Å²) in [5, 5.41) is 9.54. The Morgan fingerprint density at radius 2 is 2.23 bits per heavy atom.